The molecule has 0 spiro atoms. The normalized spacial score (nSPS) is 23.1. The molecule has 0 bridgehead atoms. The zero-order chi connectivity index (χ0) is 13.7. The van der Waals surface area contributed by atoms with Gasteiger partial charge in [0, 0.05) is 6.04 Å². The summed E-state index contributed by atoms with van der Waals surface area (Å²) in [5, 5.41) is 0. The average Bonchev–Trinajstić information content (AvgIpc) is 2.42. The molecule has 0 amide bonds. The summed E-state index contributed by atoms with van der Waals surface area (Å²) in [6.45, 7) is 5.29. The highest BCUT2D eigenvalue weighted by atomic mass is 16.5. The van der Waals surface area contributed by atoms with Gasteiger partial charge in [0.2, 0.25) is 0 Å². The van der Waals surface area contributed by atoms with Crippen molar-refractivity contribution in [3.63, 3.8) is 0 Å². The Balaban J connectivity index is 2.23. The smallest absolute Gasteiger partial charge is 0.161 e. The fourth-order valence-corrected chi connectivity index (χ4v) is 2.87. The van der Waals surface area contributed by atoms with Crippen LogP contribution in [0.15, 0.2) is 18.2 Å². The molecule has 0 unspecified atom stereocenters. The molecule has 3 nitrogen and oxygen atoms in total. The van der Waals surface area contributed by atoms with Crippen LogP contribution in [0.25, 0.3) is 0 Å². The van der Waals surface area contributed by atoms with E-state index in [9.17, 15) is 0 Å². The molecule has 1 aromatic rings. The minimum Gasteiger partial charge on any atom is -0.490 e. The van der Waals surface area contributed by atoms with E-state index < -0.39 is 0 Å². The Morgan fingerprint density at radius 1 is 1.05 bits per heavy atom. The third-order valence-corrected chi connectivity index (χ3v) is 3.82. The Morgan fingerprint density at radius 2 is 1.74 bits per heavy atom. The lowest BCUT2D eigenvalue weighted by Crippen LogP contribution is -2.31. The Bertz CT molecular complexity index is 406. The van der Waals surface area contributed by atoms with Crippen LogP contribution in [-0.2, 0) is 0 Å². The van der Waals surface area contributed by atoms with Crippen LogP contribution in [-0.4, -0.2) is 19.3 Å². The predicted octanol–water partition coefficient (Wildman–Crippen LogP) is 3.47. The van der Waals surface area contributed by atoms with Crippen molar-refractivity contribution in [2.24, 2.45) is 5.73 Å². The van der Waals surface area contributed by atoms with Gasteiger partial charge in [0.1, 0.15) is 0 Å². The molecule has 0 heterocycles. The lowest BCUT2D eigenvalue weighted by Gasteiger charge is -2.29. The molecule has 0 saturated heterocycles. The van der Waals surface area contributed by atoms with Gasteiger partial charge >= 0.3 is 0 Å². The van der Waals surface area contributed by atoms with Crippen molar-refractivity contribution in [3.8, 4) is 11.5 Å². The van der Waals surface area contributed by atoms with Crippen molar-refractivity contribution < 1.29 is 9.47 Å². The number of ether oxygens (including phenoxy) is 2. The molecule has 1 aromatic carbocycles. The van der Waals surface area contributed by atoms with Crippen molar-refractivity contribution in [1.29, 1.82) is 0 Å². The van der Waals surface area contributed by atoms with Crippen LogP contribution in [0.2, 0.25) is 0 Å². The minimum absolute atomic E-state index is 0.279. The average molecular weight is 263 g/mol. The number of rotatable bonds is 5. The highest BCUT2D eigenvalue weighted by Crippen LogP contribution is 2.36. The van der Waals surface area contributed by atoms with E-state index in [-0.39, 0.29) is 6.04 Å². The van der Waals surface area contributed by atoms with E-state index in [4.69, 9.17) is 15.2 Å². The molecule has 1 aliphatic rings. The van der Waals surface area contributed by atoms with Crippen LogP contribution in [0.3, 0.4) is 0 Å². The highest BCUT2D eigenvalue weighted by molar-refractivity contribution is 5.44. The summed E-state index contributed by atoms with van der Waals surface area (Å²) in [7, 11) is 0. The molecule has 3 heteroatoms. The van der Waals surface area contributed by atoms with E-state index >= 15 is 0 Å². The third-order valence-electron chi connectivity index (χ3n) is 3.82. The Morgan fingerprint density at radius 3 is 2.42 bits per heavy atom. The molecule has 0 aliphatic heterocycles. The number of hydrogen-bond acceptors (Lipinski definition) is 3. The summed E-state index contributed by atoms with van der Waals surface area (Å²) in [4.78, 5) is 0. The summed E-state index contributed by atoms with van der Waals surface area (Å²) in [5.41, 5.74) is 7.55. The molecule has 106 valence electrons. The lowest BCUT2D eigenvalue weighted by molar-refractivity contribution is 0.286. The van der Waals surface area contributed by atoms with Crippen LogP contribution in [0.5, 0.6) is 11.5 Å². The standard InChI is InChI=1S/C16H25NO2/c1-3-18-15-10-9-12(11-16(15)19-4-2)13-7-5-6-8-14(13)17/h9-11,13-14H,3-8,17H2,1-2H3/t13-,14-/m0/s1. The van der Waals surface area contributed by atoms with Gasteiger partial charge < -0.3 is 15.2 Å². The first-order valence-corrected chi connectivity index (χ1v) is 7.41. The quantitative estimate of drug-likeness (QED) is 0.884. The fourth-order valence-electron chi connectivity index (χ4n) is 2.87. The van der Waals surface area contributed by atoms with E-state index in [0.717, 1.165) is 17.9 Å². The first-order chi connectivity index (χ1) is 9.26. The summed E-state index contributed by atoms with van der Waals surface area (Å²) >= 11 is 0. The van der Waals surface area contributed by atoms with Gasteiger partial charge in [-0.05, 0) is 50.3 Å². The number of nitrogens with two attached hydrogens (primary N) is 1. The third kappa shape index (κ3) is 3.41. The first kappa shape index (κ1) is 14.2. The van der Waals surface area contributed by atoms with Gasteiger partial charge in [-0.25, -0.2) is 0 Å². The molecule has 0 radical (unpaired) electrons. The van der Waals surface area contributed by atoms with Crippen molar-refractivity contribution in [2.45, 2.75) is 51.5 Å². The summed E-state index contributed by atoms with van der Waals surface area (Å²) in [6.07, 6.45) is 4.84. The van der Waals surface area contributed by atoms with Gasteiger partial charge in [-0.3, -0.25) is 0 Å². The topological polar surface area (TPSA) is 44.5 Å². The van der Waals surface area contributed by atoms with Crippen LogP contribution >= 0.6 is 0 Å². The number of benzene rings is 1. The minimum atomic E-state index is 0.279. The van der Waals surface area contributed by atoms with Crippen LogP contribution in [0, 0.1) is 0 Å². The highest BCUT2D eigenvalue weighted by Gasteiger charge is 2.24. The van der Waals surface area contributed by atoms with E-state index in [0.29, 0.717) is 19.1 Å². The maximum Gasteiger partial charge on any atom is 0.161 e. The van der Waals surface area contributed by atoms with Gasteiger partial charge in [-0.1, -0.05) is 18.9 Å². The molecule has 1 fully saturated rings. The maximum atomic E-state index is 6.26. The molecule has 1 saturated carbocycles. The fraction of sp³-hybridized carbons (Fsp3) is 0.625. The second kappa shape index (κ2) is 6.80. The summed E-state index contributed by atoms with van der Waals surface area (Å²) in [6, 6.07) is 6.56. The molecule has 19 heavy (non-hydrogen) atoms. The predicted molar refractivity (Wildman–Crippen MR) is 78.0 cm³/mol. The largest absolute Gasteiger partial charge is 0.490 e. The van der Waals surface area contributed by atoms with Gasteiger partial charge in [-0.15, -0.1) is 0 Å². The summed E-state index contributed by atoms with van der Waals surface area (Å²) < 4.78 is 11.3. The molecule has 0 aromatic heterocycles. The first-order valence-electron chi connectivity index (χ1n) is 7.41. The Hall–Kier alpha value is -1.22. The van der Waals surface area contributed by atoms with Crippen molar-refractivity contribution >= 4 is 0 Å². The zero-order valence-corrected chi connectivity index (χ0v) is 12.0. The van der Waals surface area contributed by atoms with Gasteiger partial charge in [0.15, 0.2) is 11.5 Å². The Kier molecular flexibility index (Phi) is 5.08. The van der Waals surface area contributed by atoms with Crippen LogP contribution in [0.4, 0.5) is 0 Å². The lowest BCUT2D eigenvalue weighted by atomic mass is 9.80. The SMILES string of the molecule is CCOc1ccc([C@@H]2CCCC[C@@H]2N)cc1OCC. The van der Waals surface area contributed by atoms with E-state index in [2.05, 4.69) is 12.1 Å². The second-order valence-electron chi connectivity index (χ2n) is 5.13. The van der Waals surface area contributed by atoms with Crippen molar-refractivity contribution in [3.05, 3.63) is 23.8 Å². The van der Waals surface area contributed by atoms with Gasteiger partial charge in [0.05, 0.1) is 13.2 Å². The zero-order valence-electron chi connectivity index (χ0n) is 12.0. The van der Waals surface area contributed by atoms with Crippen LogP contribution in [0.1, 0.15) is 51.0 Å². The number of hydrogen-bond donors (Lipinski definition) is 1. The molecule has 2 N–H and O–H groups in total. The molecule has 2 rings (SSSR count). The molecular formula is C16H25NO2. The van der Waals surface area contributed by atoms with Crippen LogP contribution < -0.4 is 15.2 Å². The molecule has 2 atom stereocenters. The van der Waals surface area contributed by atoms with Crippen molar-refractivity contribution in [1.82, 2.24) is 0 Å². The van der Waals surface area contributed by atoms with E-state index in [1.54, 1.807) is 0 Å². The van der Waals surface area contributed by atoms with E-state index in [1.807, 2.05) is 19.9 Å². The summed E-state index contributed by atoms with van der Waals surface area (Å²) in [5.74, 6) is 2.14. The van der Waals surface area contributed by atoms with Gasteiger partial charge in [0.25, 0.3) is 0 Å². The second-order valence-corrected chi connectivity index (χ2v) is 5.13. The molecular weight excluding hydrogens is 238 g/mol. The van der Waals surface area contributed by atoms with E-state index in [1.165, 1.54) is 24.8 Å². The Labute approximate surface area is 116 Å². The van der Waals surface area contributed by atoms with Gasteiger partial charge in [-0.2, -0.15) is 0 Å². The maximum absolute atomic E-state index is 6.26. The molecule has 1 aliphatic carbocycles. The van der Waals surface area contributed by atoms with Crippen molar-refractivity contribution in [2.75, 3.05) is 13.2 Å². The monoisotopic (exact) mass is 263 g/mol.